The van der Waals surface area contributed by atoms with E-state index in [1.165, 1.54) is 7.11 Å². The number of ether oxygens (including phenoxy) is 3. The Kier molecular flexibility index (Phi) is 3.91. The van der Waals surface area contributed by atoms with Crippen LogP contribution in [0, 0.1) is 5.92 Å². The zero-order valence-electron chi connectivity index (χ0n) is 12.9. The molecule has 5 nitrogen and oxygen atoms in total. The first-order valence-electron chi connectivity index (χ1n) is 7.53. The molecule has 0 aromatic heterocycles. The fraction of sp³-hybridized carbons (Fsp3) is 0.529. The van der Waals surface area contributed by atoms with Crippen LogP contribution in [-0.4, -0.2) is 38.2 Å². The molecule has 1 heterocycles. The summed E-state index contributed by atoms with van der Waals surface area (Å²) in [4.78, 5) is 24.2. The van der Waals surface area contributed by atoms with E-state index >= 15 is 0 Å². The lowest BCUT2D eigenvalue weighted by atomic mass is 9.89. The number of carbonyl (C=O) groups is 2. The van der Waals surface area contributed by atoms with Crippen molar-refractivity contribution in [2.75, 3.05) is 20.8 Å². The van der Waals surface area contributed by atoms with E-state index in [1.54, 1.807) is 19.2 Å². The molecule has 5 heteroatoms. The Bertz CT molecular complexity index is 603. The summed E-state index contributed by atoms with van der Waals surface area (Å²) in [5.74, 6) is 0.372. The summed E-state index contributed by atoms with van der Waals surface area (Å²) in [6, 6.07) is 5.25. The van der Waals surface area contributed by atoms with Crippen LogP contribution in [0.25, 0.3) is 0 Å². The smallest absolute Gasteiger partial charge is 0.337 e. The van der Waals surface area contributed by atoms with E-state index < -0.39 is 5.60 Å². The van der Waals surface area contributed by atoms with Crippen molar-refractivity contribution in [1.29, 1.82) is 0 Å². The van der Waals surface area contributed by atoms with E-state index in [0.29, 0.717) is 30.8 Å². The Morgan fingerprint density at radius 2 is 2.05 bits per heavy atom. The van der Waals surface area contributed by atoms with Crippen LogP contribution in [0.15, 0.2) is 18.2 Å². The third-order valence-corrected chi connectivity index (χ3v) is 4.59. The zero-order chi connectivity index (χ0) is 15.7. The minimum Gasteiger partial charge on any atom is -0.493 e. The summed E-state index contributed by atoms with van der Waals surface area (Å²) in [5, 5.41) is 0. The van der Waals surface area contributed by atoms with Gasteiger partial charge in [-0.25, -0.2) is 4.79 Å². The van der Waals surface area contributed by atoms with Crippen molar-refractivity contribution in [3.63, 3.8) is 0 Å². The van der Waals surface area contributed by atoms with Gasteiger partial charge in [-0.1, -0.05) is 6.07 Å². The number of esters is 1. The molecule has 0 N–H and O–H groups in total. The number of benzene rings is 1. The van der Waals surface area contributed by atoms with Crippen molar-refractivity contribution in [2.24, 2.45) is 5.92 Å². The highest BCUT2D eigenvalue weighted by atomic mass is 16.5. The van der Waals surface area contributed by atoms with Crippen molar-refractivity contribution < 1.29 is 23.8 Å². The Hall–Kier alpha value is -1.88. The van der Waals surface area contributed by atoms with Gasteiger partial charge in [-0.3, -0.25) is 4.79 Å². The van der Waals surface area contributed by atoms with Crippen molar-refractivity contribution >= 4 is 11.8 Å². The number of Topliss-reactive ketones (excluding diaryl/α,β-unsaturated/α-hetero) is 1. The molecule has 1 aliphatic carbocycles. The third kappa shape index (κ3) is 2.61. The molecule has 1 atom stereocenters. The molecule has 0 spiro atoms. The second-order valence-corrected chi connectivity index (χ2v) is 5.91. The lowest BCUT2D eigenvalue weighted by Gasteiger charge is -2.19. The van der Waals surface area contributed by atoms with Gasteiger partial charge in [-0.05, 0) is 43.4 Å². The number of carbonyl (C=O) groups excluding carboxylic acids is 2. The van der Waals surface area contributed by atoms with E-state index in [1.807, 2.05) is 6.07 Å². The molecule has 1 aliphatic heterocycles. The largest absolute Gasteiger partial charge is 0.493 e. The molecule has 1 unspecified atom stereocenters. The number of hydrogen-bond acceptors (Lipinski definition) is 5. The molecule has 0 amide bonds. The summed E-state index contributed by atoms with van der Waals surface area (Å²) in [7, 11) is 2.96. The van der Waals surface area contributed by atoms with Crippen LogP contribution in [0.5, 0.6) is 5.75 Å². The first-order valence-corrected chi connectivity index (χ1v) is 7.53. The van der Waals surface area contributed by atoms with Crippen molar-refractivity contribution in [2.45, 2.75) is 31.3 Å². The van der Waals surface area contributed by atoms with Gasteiger partial charge in [0.1, 0.15) is 11.4 Å². The maximum absolute atomic E-state index is 12.6. The van der Waals surface area contributed by atoms with Gasteiger partial charge in [0.2, 0.25) is 0 Å². The zero-order valence-corrected chi connectivity index (χ0v) is 12.9. The van der Waals surface area contributed by atoms with E-state index in [9.17, 15) is 9.59 Å². The minimum atomic E-state index is -0.554. The van der Waals surface area contributed by atoms with Gasteiger partial charge in [-0.2, -0.15) is 0 Å². The molecule has 1 aromatic carbocycles. The molecular formula is C17H20O5. The number of ketones is 1. The van der Waals surface area contributed by atoms with Crippen LogP contribution < -0.4 is 4.74 Å². The van der Waals surface area contributed by atoms with Crippen molar-refractivity contribution in [1.82, 2.24) is 0 Å². The normalized spacial score (nSPS) is 22.0. The molecule has 0 radical (unpaired) electrons. The number of methoxy groups -OCH3 is 2. The predicted molar refractivity (Wildman–Crippen MR) is 79.1 cm³/mol. The molecule has 118 valence electrons. The average molecular weight is 304 g/mol. The first kappa shape index (κ1) is 15.0. The Morgan fingerprint density at radius 3 is 2.68 bits per heavy atom. The van der Waals surface area contributed by atoms with Gasteiger partial charge < -0.3 is 14.2 Å². The maximum atomic E-state index is 12.6. The van der Waals surface area contributed by atoms with Crippen molar-refractivity contribution in [3.05, 3.63) is 29.3 Å². The maximum Gasteiger partial charge on any atom is 0.337 e. The minimum absolute atomic E-state index is 0.0901. The third-order valence-electron chi connectivity index (χ3n) is 4.59. The van der Waals surface area contributed by atoms with E-state index in [4.69, 9.17) is 14.2 Å². The van der Waals surface area contributed by atoms with Gasteiger partial charge in [0.25, 0.3) is 0 Å². The summed E-state index contributed by atoms with van der Waals surface area (Å²) in [5.41, 5.74) is 0.859. The van der Waals surface area contributed by atoms with Gasteiger partial charge >= 0.3 is 5.97 Å². The quantitative estimate of drug-likeness (QED) is 0.798. The van der Waals surface area contributed by atoms with Crippen LogP contribution >= 0.6 is 0 Å². The fourth-order valence-corrected chi connectivity index (χ4v) is 3.04. The van der Waals surface area contributed by atoms with E-state index in [2.05, 4.69) is 0 Å². The monoisotopic (exact) mass is 304 g/mol. The van der Waals surface area contributed by atoms with Crippen LogP contribution in [0.2, 0.25) is 0 Å². The summed E-state index contributed by atoms with van der Waals surface area (Å²) in [6.07, 6.45) is 2.93. The molecule has 22 heavy (non-hydrogen) atoms. The van der Waals surface area contributed by atoms with Gasteiger partial charge in [0, 0.05) is 13.0 Å². The van der Waals surface area contributed by atoms with Gasteiger partial charge in [-0.15, -0.1) is 0 Å². The van der Waals surface area contributed by atoms with Gasteiger partial charge in [0.15, 0.2) is 5.78 Å². The van der Waals surface area contributed by atoms with Gasteiger partial charge in [0.05, 0.1) is 19.3 Å². The van der Waals surface area contributed by atoms with Crippen LogP contribution in [0.1, 0.15) is 35.2 Å². The Balaban J connectivity index is 1.81. The summed E-state index contributed by atoms with van der Waals surface area (Å²) < 4.78 is 15.9. The molecule has 2 aliphatic rings. The lowest BCUT2D eigenvalue weighted by molar-refractivity contribution is -0.135. The number of fused-ring (bicyclic) bond motifs is 1. The number of hydrogen-bond donors (Lipinski definition) is 0. The number of rotatable bonds is 4. The van der Waals surface area contributed by atoms with E-state index in [-0.39, 0.29) is 17.7 Å². The van der Waals surface area contributed by atoms with Crippen LogP contribution in [0.4, 0.5) is 0 Å². The molecule has 3 rings (SSSR count). The predicted octanol–water partition coefficient (Wildman–Crippen LogP) is 2.16. The van der Waals surface area contributed by atoms with Crippen molar-refractivity contribution in [3.8, 4) is 5.75 Å². The topological polar surface area (TPSA) is 61.8 Å². The first-order chi connectivity index (χ1) is 10.6. The highest BCUT2D eigenvalue weighted by Gasteiger charge is 2.52. The molecular weight excluding hydrogens is 284 g/mol. The average Bonchev–Trinajstić information content (AvgIpc) is 3.36. The van der Waals surface area contributed by atoms with Crippen LogP contribution in [0.3, 0.4) is 0 Å². The van der Waals surface area contributed by atoms with Crippen LogP contribution in [-0.2, 0) is 20.7 Å². The highest BCUT2D eigenvalue weighted by Crippen LogP contribution is 2.43. The molecule has 1 aromatic rings. The molecule has 0 bridgehead atoms. The molecule has 0 saturated heterocycles. The fourth-order valence-electron chi connectivity index (χ4n) is 3.04. The summed E-state index contributed by atoms with van der Waals surface area (Å²) >= 11 is 0. The second-order valence-electron chi connectivity index (χ2n) is 5.91. The summed E-state index contributed by atoms with van der Waals surface area (Å²) in [6.45, 7) is 0.466. The Morgan fingerprint density at radius 1 is 1.27 bits per heavy atom. The molecule has 1 saturated carbocycles. The highest BCUT2D eigenvalue weighted by molar-refractivity contribution is 5.93. The van der Waals surface area contributed by atoms with E-state index in [0.717, 1.165) is 18.4 Å². The Labute approximate surface area is 129 Å². The molecule has 1 fully saturated rings. The SMILES string of the molecule is COC(=O)c1ccc2c(c1)OCCC(C(=O)C1(OC)CC1)C2. The second kappa shape index (κ2) is 5.72. The lowest BCUT2D eigenvalue weighted by Crippen LogP contribution is -2.33. The standard InChI is InChI=1S/C17H20O5/c1-20-16(19)13-4-3-11-9-12(5-8-22-14(11)10-13)15(18)17(21-2)6-7-17/h3-4,10,12H,5-9H2,1-2H3.